The fourth-order valence-corrected chi connectivity index (χ4v) is 3.67. The molecule has 2 heterocycles. The summed E-state index contributed by atoms with van der Waals surface area (Å²) in [6.07, 6.45) is -5.62. The van der Waals surface area contributed by atoms with Gasteiger partial charge in [-0.05, 0) is 26.2 Å². The fraction of sp³-hybridized carbons (Fsp3) is 0.588. The first-order valence-corrected chi connectivity index (χ1v) is 9.87. The Hall–Kier alpha value is -1.88. The molecule has 1 fully saturated rings. The third-order valence-corrected chi connectivity index (χ3v) is 5.53. The highest BCUT2D eigenvalue weighted by Gasteiger charge is 2.38. The first-order chi connectivity index (χ1) is 14.0. The van der Waals surface area contributed by atoms with E-state index in [1.807, 2.05) is 0 Å². The molecule has 0 bridgehead atoms. The van der Waals surface area contributed by atoms with Crippen molar-refractivity contribution in [1.29, 1.82) is 0 Å². The Morgan fingerprint density at radius 2 is 1.87 bits per heavy atom. The van der Waals surface area contributed by atoms with Crippen molar-refractivity contribution in [3.05, 3.63) is 32.8 Å². The third-order valence-electron chi connectivity index (χ3n) is 4.69. The van der Waals surface area contributed by atoms with Crippen molar-refractivity contribution in [2.75, 3.05) is 6.54 Å². The summed E-state index contributed by atoms with van der Waals surface area (Å²) < 4.78 is 66.9. The zero-order valence-corrected chi connectivity index (χ0v) is 17.3. The lowest BCUT2D eigenvalue weighted by atomic mass is 10.2. The zero-order valence-electron chi connectivity index (χ0n) is 15.7. The van der Waals surface area contributed by atoms with E-state index in [4.69, 9.17) is 23.2 Å². The van der Waals surface area contributed by atoms with Crippen molar-refractivity contribution in [2.24, 2.45) is 0 Å². The molecule has 0 unspecified atom stereocenters. The summed E-state index contributed by atoms with van der Waals surface area (Å²) in [5.41, 5.74) is -1.08. The minimum atomic E-state index is -4.65. The minimum absolute atomic E-state index is 0.0145. The summed E-state index contributed by atoms with van der Waals surface area (Å²) in [6.45, 7) is 1.40. The van der Waals surface area contributed by atoms with Crippen molar-refractivity contribution in [3.63, 3.8) is 0 Å². The van der Waals surface area contributed by atoms with Gasteiger partial charge in [-0.15, -0.1) is 0 Å². The molecule has 30 heavy (non-hydrogen) atoms. The molecule has 0 spiro atoms. The summed E-state index contributed by atoms with van der Waals surface area (Å²) >= 11 is 11.7. The lowest BCUT2D eigenvalue weighted by Crippen LogP contribution is -2.30. The molecule has 2 aromatic heterocycles. The molecule has 1 aliphatic rings. The van der Waals surface area contributed by atoms with E-state index < -0.39 is 34.9 Å². The van der Waals surface area contributed by atoms with E-state index >= 15 is 0 Å². The largest absolute Gasteiger partial charge is 0.436 e. The van der Waals surface area contributed by atoms with E-state index in [1.54, 1.807) is 0 Å². The molecule has 2 aromatic rings. The van der Waals surface area contributed by atoms with Crippen molar-refractivity contribution < 1.29 is 26.7 Å². The normalized spacial score (nSPS) is 14.6. The number of alkyl halides is 5. The van der Waals surface area contributed by atoms with Gasteiger partial charge in [-0.25, -0.2) is 8.78 Å². The van der Waals surface area contributed by atoms with Crippen LogP contribution in [0.5, 0.6) is 0 Å². The highest BCUT2D eigenvalue weighted by atomic mass is 35.5. The lowest BCUT2D eigenvalue weighted by molar-refractivity contribution is -0.141. The molecule has 166 valence electrons. The third kappa shape index (κ3) is 4.88. The maximum atomic E-state index is 13.0. The highest BCUT2D eigenvalue weighted by Crippen LogP contribution is 2.45. The Bertz CT molecular complexity index is 936. The van der Waals surface area contributed by atoms with Crippen LogP contribution in [0.1, 0.15) is 54.4 Å². The monoisotopic (exact) mass is 473 g/mol. The van der Waals surface area contributed by atoms with Gasteiger partial charge in [-0.3, -0.25) is 14.2 Å². The van der Waals surface area contributed by atoms with Gasteiger partial charge in [0.1, 0.15) is 12.2 Å². The van der Waals surface area contributed by atoms with Crippen molar-refractivity contribution in [1.82, 2.24) is 24.9 Å². The van der Waals surface area contributed by atoms with E-state index in [2.05, 4.69) is 15.5 Å². The van der Waals surface area contributed by atoms with Crippen LogP contribution in [0.25, 0.3) is 0 Å². The number of amides is 1. The van der Waals surface area contributed by atoms with Gasteiger partial charge in [0.05, 0.1) is 21.4 Å². The number of halogens is 7. The van der Waals surface area contributed by atoms with Crippen LogP contribution in [0.4, 0.5) is 22.0 Å². The lowest BCUT2D eigenvalue weighted by Gasteiger charge is -2.09. The molecule has 1 saturated carbocycles. The average molecular weight is 474 g/mol. The molecule has 0 saturated heterocycles. The van der Waals surface area contributed by atoms with Gasteiger partial charge < -0.3 is 5.32 Å². The summed E-state index contributed by atoms with van der Waals surface area (Å²) in [4.78, 5) is 12.2. The Morgan fingerprint density at radius 3 is 2.40 bits per heavy atom. The molecule has 0 atom stereocenters. The smallest absolute Gasteiger partial charge is 0.354 e. The first-order valence-electron chi connectivity index (χ1n) is 9.11. The van der Waals surface area contributed by atoms with Crippen LogP contribution in [-0.2, 0) is 24.1 Å². The van der Waals surface area contributed by atoms with E-state index in [-0.39, 0.29) is 36.3 Å². The number of nitrogens with zero attached hydrogens (tertiary/aromatic N) is 4. The molecule has 3 rings (SSSR count). The summed E-state index contributed by atoms with van der Waals surface area (Å²) in [7, 11) is 0. The van der Waals surface area contributed by atoms with Crippen LogP contribution in [0.2, 0.25) is 10.0 Å². The number of hydrogen-bond donors (Lipinski definition) is 1. The number of aryl methyl sites for hydroxylation is 1. The second-order valence-corrected chi connectivity index (χ2v) is 7.75. The van der Waals surface area contributed by atoms with Crippen LogP contribution in [0.3, 0.4) is 0 Å². The van der Waals surface area contributed by atoms with Crippen LogP contribution < -0.4 is 5.32 Å². The van der Waals surface area contributed by atoms with Gasteiger partial charge >= 0.3 is 6.18 Å². The number of rotatable bonds is 8. The van der Waals surface area contributed by atoms with E-state index in [1.165, 1.54) is 11.6 Å². The zero-order chi connectivity index (χ0) is 22.2. The van der Waals surface area contributed by atoms with Crippen LogP contribution in [-0.4, -0.2) is 32.0 Å². The predicted octanol–water partition coefficient (Wildman–Crippen LogP) is 4.74. The van der Waals surface area contributed by atoms with Gasteiger partial charge in [0.25, 0.3) is 6.43 Å². The summed E-state index contributed by atoms with van der Waals surface area (Å²) in [5, 5.41) is 9.28. The molecular weight excluding hydrogens is 456 g/mol. The van der Waals surface area contributed by atoms with Gasteiger partial charge in [0.2, 0.25) is 5.91 Å². The highest BCUT2D eigenvalue weighted by molar-refractivity contribution is 6.32. The standard InChI is InChI=1S/C17H18Cl2F5N5O/c1-8-11(18)15(17(22,23)24)27-28(8)6-2-5-25-10(30)7-29-14(9-3-4-9)12(19)13(26-29)16(20)21/h9,16H,2-7H2,1H3,(H,25,30). The van der Waals surface area contributed by atoms with E-state index in [0.717, 1.165) is 17.5 Å². The van der Waals surface area contributed by atoms with Gasteiger partial charge in [0.15, 0.2) is 5.69 Å². The first kappa shape index (κ1) is 22.8. The summed E-state index contributed by atoms with van der Waals surface area (Å²) in [5.74, 6) is -0.455. The second kappa shape index (κ2) is 8.70. The topological polar surface area (TPSA) is 64.7 Å². The number of carbonyl (C=O) groups is 1. The number of hydrogen-bond acceptors (Lipinski definition) is 3. The number of carbonyl (C=O) groups excluding carboxylic acids is 1. The SMILES string of the molecule is Cc1c(Cl)c(C(F)(F)F)nn1CCCNC(=O)Cn1nc(C(F)F)c(Cl)c1C1CC1. The van der Waals surface area contributed by atoms with Gasteiger partial charge in [0, 0.05) is 19.0 Å². The van der Waals surface area contributed by atoms with Gasteiger partial charge in [-0.1, -0.05) is 23.2 Å². The number of nitrogens with one attached hydrogen (secondary N) is 1. The Morgan fingerprint density at radius 1 is 1.20 bits per heavy atom. The molecular formula is C17H18Cl2F5N5O. The van der Waals surface area contributed by atoms with Gasteiger partial charge in [-0.2, -0.15) is 23.4 Å². The molecule has 1 amide bonds. The Kier molecular flexibility index (Phi) is 6.61. The summed E-state index contributed by atoms with van der Waals surface area (Å²) in [6, 6.07) is 0. The molecule has 0 aromatic carbocycles. The van der Waals surface area contributed by atoms with Crippen molar-refractivity contribution >= 4 is 29.1 Å². The fourth-order valence-electron chi connectivity index (χ4n) is 3.05. The predicted molar refractivity (Wildman–Crippen MR) is 98.8 cm³/mol. The molecule has 0 radical (unpaired) electrons. The molecule has 6 nitrogen and oxygen atoms in total. The van der Waals surface area contributed by atoms with Crippen molar-refractivity contribution in [2.45, 2.75) is 57.8 Å². The Labute approximate surface area is 178 Å². The van der Waals surface area contributed by atoms with Crippen LogP contribution in [0.15, 0.2) is 0 Å². The quantitative estimate of drug-likeness (QED) is 0.445. The van der Waals surface area contributed by atoms with Crippen molar-refractivity contribution in [3.8, 4) is 0 Å². The average Bonchev–Trinajstić information content (AvgIpc) is 3.36. The minimum Gasteiger partial charge on any atom is -0.354 e. The molecule has 0 aliphatic heterocycles. The van der Waals surface area contributed by atoms with E-state index in [0.29, 0.717) is 12.1 Å². The second-order valence-electron chi connectivity index (χ2n) is 6.99. The number of aromatic nitrogens is 4. The van der Waals surface area contributed by atoms with E-state index in [9.17, 15) is 26.7 Å². The molecule has 13 heteroatoms. The maximum absolute atomic E-state index is 13.0. The van der Waals surface area contributed by atoms with Crippen LogP contribution in [0, 0.1) is 6.92 Å². The molecule has 1 aliphatic carbocycles. The van der Waals surface area contributed by atoms with Crippen LogP contribution >= 0.6 is 23.2 Å². The maximum Gasteiger partial charge on any atom is 0.436 e. The Balaban J connectivity index is 1.55. The molecule has 1 N–H and O–H groups in total.